The molecule has 3 unspecified atom stereocenters. The van der Waals surface area contributed by atoms with E-state index < -0.39 is 6.10 Å². The standard InChI is InChI=1S/C26H28FNO3S/c1-28(21-5-3-2-4-6-21)26(23-13-12-22(29)17-25(23)31)19(15-16-32)9-14-24(30)18-7-10-20(27)11-8-18/h2-8,10-13,16-17,19,24,26,29-31H,9,14-15H2,1H3. The normalized spacial score (nSPS) is 13.8. The Hall–Kier alpha value is -2.96. The number of phenols is 2. The highest BCUT2D eigenvalue weighted by molar-refractivity contribution is 7.78. The molecule has 3 rings (SSSR count). The van der Waals surface area contributed by atoms with E-state index in [1.54, 1.807) is 29.6 Å². The third kappa shape index (κ3) is 5.84. The molecule has 0 spiro atoms. The van der Waals surface area contributed by atoms with Crippen molar-refractivity contribution >= 4 is 23.3 Å². The zero-order valence-electron chi connectivity index (χ0n) is 17.9. The first-order valence-corrected chi connectivity index (χ1v) is 11.0. The second-order valence-corrected chi connectivity index (χ2v) is 8.27. The molecule has 0 saturated carbocycles. The third-order valence-corrected chi connectivity index (χ3v) is 6.02. The van der Waals surface area contributed by atoms with Gasteiger partial charge in [-0.3, -0.25) is 0 Å². The van der Waals surface area contributed by atoms with Gasteiger partial charge in [0.25, 0.3) is 0 Å². The lowest BCUT2D eigenvalue weighted by molar-refractivity contribution is 0.154. The fraction of sp³-hybridized carbons (Fsp3) is 0.269. The molecule has 3 atom stereocenters. The fourth-order valence-electron chi connectivity index (χ4n) is 4.14. The van der Waals surface area contributed by atoms with Crippen molar-refractivity contribution in [3.63, 3.8) is 0 Å². The third-order valence-electron chi connectivity index (χ3n) is 5.82. The molecule has 6 heteroatoms. The van der Waals surface area contributed by atoms with Crippen molar-refractivity contribution in [3.8, 4) is 11.5 Å². The lowest BCUT2D eigenvalue weighted by Gasteiger charge is -2.37. The maximum absolute atomic E-state index is 13.2. The van der Waals surface area contributed by atoms with Gasteiger partial charge < -0.3 is 20.2 Å². The number of thiocarbonyl (C=S) groups is 1. The zero-order valence-corrected chi connectivity index (χ0v) is 18.8. The fourth-order valence-corrected chi connectivity index (χ4v) is 4.38. The van der Waals surface area contributed by atoms with Crippen LogP contribution in [0.15, 0.2) is 72.8 Å². The van der Waals surface area contributed by atoms with E-state index in [0.29, 0.717) is 30.4 Å². The monoisotopic (exact) mass is 453 g/mol. The largest absolute Gasteiger partial charge is 0.508 e. The van der Waals surface area contributed by atoms with Gasteiger partial charge >= 0.3 is 0 Å². The first-order chi connectivity index (χ1) is 15.4. The molecule has 32 heavy (non-hydrogen) atoms. The van der Waals surface area contributed by atoms with Gasteiger partial charge in [-0.25, -0.2) is 4.39 Å². The summed E-state index contributed by atoms with van der Waals surface area (Å²) < 4.78 is 13.2. The Labute approximate surface area is 193 Å². The Morgan fingerprint density at radius 3 is 2.28 bits per heavy atom. The van der Waals surface area contributed by atoms with E-state index in [-0.39, 0.29) is 29.3 Å². The molecule has 3 aromatic carbocycles. The van der Waals surface area contributed by atoms with Crippen LogP contribution in [-0.2, 0) is 0 Å². The van der Waals surface area contributed by atoms with Crippen LogP contribution in [0.3, 0.4) is 0 Å². The van der Waals surface area contributed by atoms with E-state index in [4.69, 9.17) is 12.2 Å². The van der Waals surface area contributed by atoms with Crippen molar-refractivity contribution in [2.45, 2.75) is 31.4 Å². The number of aromatic hydroxyl groups is 2. The molecule has 0 saturated heterocycles. The molecular formula is C26H28FNO3S. The first kappa shape index (κ1) is 23.7. The predicted molar refractivity (Wildman–Crippen MR) is 130 cm³/mol. The number of anilines is 1. The minimum absolute atomic E-state index is 0.00577. The van der Waals surface area contributed by atoms with Crippen LogP contribution in [0.2, 0.25) is 0 Å². The summed E-state index contributed by atoms with van der Waals surface area (Å²) in [7, 11) is 1.96. The van der Waals surface area contributed by atoms with Gasteiger partial charge in [-0.05, 0) is 72.5 Å². The van der Waals surface area contributed by atoms with E-state index in [1.807, 2.05) is 37.4 Å². The van der Waals surface area contributed by atoms with E-state index in [1.165, 1.54) is 18.2 Å². The molecule has 3 N–H and O–H groups in total. The van der Waals surface area contributed by atoms with Crippen LogP contribution in [0, 0.1) is 11.7 Å². The molecule has 0 aliphatic rings. The highest BCUT2D eigenvalue weighted by Gasteiger charge is 2.29. The summed E-state index contributed by atoms with van der Waals surface area (Å²) in [6, 6.07) is 20.1. The number of hydrogen-bond acceptors (Lipinski definition) is 5. The zero-order chi connectivity index (χ0) is 23.1. The molecular weight excluding hydrogens is 425 g/mol. The van der Waals surface area contributed by atoms with Gasteiger partial charge in [-0.2, -0.15) is 0 Å². The SMILES string of the molecule is CN(c1ccccc1)C(c1ccc(O)cc1O)C(CC=S)CCC(O)c1ccc(F)cc1. The average molecular weight is 454 g/mol. The molecule has 168 valence electrons. The predicted octanol–water partition coefficient (Wildman–Crippen LogP) is 5.93. The Balaban J connectivity index is 1.91. The summed E-state index contributed by atoms with van der Waals surface area (Å²) >= 11 is 5.19. The Morgan fingerprint density at radius 2 is 1.66 bits per heavy atom. The number of halogens is 1. The van der Waals surface area contributed by atoms with Crippen molar-refractivity contribution < 1.29 is 19.7 Å². The maximum atomic E-state index is 13.2. The number of aliphatic hydroxyl groups excluding tert-OH is 1. The topological polar surface area (TPSA) is 63.9 Å². The molecule has 0 aliphatic heterocycles. The summed E-state index contributed by atoms with van der Waals surface area (Å²) in [5, 5.41) is 32.8. The second-order valence-electron chi connectivity index (χ2n) is 7.94. The van der Waals surface area contributed by atoms with Crippen LogP contribution in [0.1, 0.15) is 42.5 Å². The molecule has 0 radical (unpaired) electrons. The molecule has 4 nitrogen and oxygen atoms in total. The van der Waals surface area contributed by atoms with Gasteiger partial charge in [0.1, 0.15) is 17.3 Å². The number of nitrogens with zero attached hydrogens (tertiary/aromatic N) is 1. The highest BCUT2D eigenvalue weighted by atomic mass is 32.1. The van der Waals surface area contributed by atoms with Crippen molar-refractivity contribution in [1.82, 2.24) is 0 Å². The van der Waals surface area contributed by atoms with E-state index >= 15 is 0 Å². The van der Waals surface area contributed by atoms with E-state index in [0.717, 1.165) is 5.69 Å². The molecule has 0 bridgehead atoms. The van der Waals surface area contributed by atoms with Crippen LogP contribution >= 0.6 is 12.2 Å². The second kappa shape index (κ2) is 11.1. The van der Waals surface area contributed by atoms with Crippen molar-refractivity contribution in [1.29, 1.82) is 0 Å². The van der Waals surface area contributed by atoms with Gasteiger partial charge in [0.15, 0.2) is 0 Å². The Kier molecular flexibility index (Phi) is 8.20. The minimum Gasteiger partial charge on any atom is -0.508 e. The number of rotatable bonds is 10. The first-order valence-electron chi connectivity index (χ1n) is 10.6. The van der Waals surface area contributed by atoms with Crippen LogP contribution in [0.5, 0.6) is 11.5 Å². The van der Waals surface area contributed by atoms with Gasteiger partial charge in [-0.15, -0.1) is 0 Å². The molecule has 3 aromatic rings. The van der Waals surface area contributed by atoms with Crippen LogP contribution < -0.4 is 4.90 Å². The lowest BCUT2D eigenvalue weighted by atomic mass is 9.84. The minimum atomic E-state index is -0.737. The molecule has 0 amide bonds. The van der Waals surface area contributed by atoms with Gasteiger partial charge in [-0.1, -0.05) is 42.5 Å². The quantitative estimate of drug-likeness (QED) is 0.332. The van der Waals surface area contributed by atoms with Crippen molar-refractivity contribution in [2.24, 2.45) is 5.92 Å². The molecule has 0 fully saturated rings. The Bertz CT molecular complexity index is 1010. The molecule has 0 aromatic heterocycles. The number of benzene rings is 3. The van der Waals surface area contributed by atoms with Gasteiger partial charge in [0.05, 0.1) is 12.1 Å². The van der Waals surface area contributed by atoms with Crippen LogP contribution in [0.4, 0.5) is 10.1 Å². The summed E-state index contributed by atoms with van der Waals surface area (Å²) in [5.74, 6) is -0.369. The number of phenolic OH excluding ortho intramolecular Hbond substituents is 2. The van der Waals surface area contributed by atoms with Crippen LogP contribution in [-0.4, -0.2) is 27.7 Å². The van der Waals surface area contributed by atoms with Crippen molar-refractivity contribution in [3.05, 3.63) is 89.7 Å². The maximum Gasteiger partial charge on any atom is 0.124 e. The molecule has 0 aliphatic carbocycles. The van der Waals surface area contributed by atoms with E-state index in [2.05, 4.69) is 4.90 Å². The number of aliphatic hydroxyl groups is 1. The smallest absolute Gasteiger partial charge is 0.124 e. The number of para-hydroxylation sites is 1. The average Bonchev–Trinajstić information content (AvgIpc) is 2.79. The summed E-state index contributed by atoms with van der Waals surface area (Å²) in [5.41, 5.74) is 2.30. The molecule has 0 heterocycles. The Morgan fingerprint density at radius 1 is 0.969 bits per heavy atom. The highest BCUT2D eigenvalue weighted by Crippen LogP contribution is 2.41. The summed E-state index contributed by atoms with van der Waals surface area (Å²) in [6.45, 7) is 0. The van der Waals surface area contributed by atoms with Gasteiger partial charge in [0, 0.05) is 24.4 Å². The van der Waals surface area contributed by atoms with Crippen molar-refractivity contribution in [2.75, 3.05) is 11.9 Å². The summed E-state index contributed by atoms with van der Waals surface area (Å²) in [6.07, 6.45) is 0.929. The summed E-state index contributed by atoms with van der Waals surface area (Å²) in [4.78, 5) is 2.08. The van der Waals surface area contributed by atoms with Crippen LogP contribution in [0.25, 0.3) is 0 Å². The lowest BCUT2D eigenvalue weighted by Crippen LogP contribution is -2.31. The van der Waals surface area contributed by atoms with E-state index in [9.17, 15) is 19.7 Å². The van der Waals surface area contributed by atoms with Gasteiger partial charge in [0.2, 0.25) is 0 Å². The number of hydrogen-bond donors (Lipinski definition) is 3.